The van der Waals surface area contributed by atoms with E-state index in [1.165, 1.54) is 75.5 Å². The van der Waals surface area contributed by atoms with Gasteiger partial charge in [0.25, 0.3) is 0 Å². The van der Waals surface area contributed by atoms with Crippen molar-refractivity contribution in [3.63, 3.8) is 0 Å². The standard InChI is InChI=1S/C39H40N4OS3/c1-5-8-9-25(7-3)23-27-12-16-29(17-13-27)31-19-21-33(46-31)35-37-36(40-44-41-37)34(38-39(35)43-47-42-38)32-20-18-30(45-32)28-14-10-26(11-15-28)22-24(4)6-2/h10-21,24-25H,5-9,22-23H2,1-4H3. The summed E-state index contributed by atoms with van der Waals surface area (Å²) in [4.78, 5) is 4.59. The number of rotatable bonds is 13. The van der Waals surface area contributed by atoms with E-state index in [9.17, 15) is 0 Å². The summed E-state index contributed by atoms with van der Waals surface area (Å²) in [6.45, 7) is 9.16. The van der Waals surface area contributed by atoms with Crippen LogP contribution in [0.25, 0.3) is 52.8 Å². The third-order valence-corrected chi connectivity index (χ3v) is 12.3. The second-order valence-corrected chi connectivity index (χ2v) is 15.4. The molecule has 2 atom stereocenters. The maximum atomic E-state index is 5.40. The van der Waals surface area contributed by atoms with Crippen LogP contribution in [0.2, 0.25) is 0 Å². The van der Waals surface area contributed by atoms with Crippen LogP contribution in [0.1, 0.15) is 70.9 Å². The van der Waals surface area contributed by atoms with Crippen LogP contribution >= 0.6 is 22.7 Å². The van der Waals surface area contributed by atoms with Crippen molar-refractivity contribution in [2.24, 2.45) is 20.6 Å². The molecule has 0 spiro atoms. The highest BCUT2D eigenvalue weighted by molar-refractivity contribution is 7.58. The van der Waals surface area contributed by atoms with Crippen LogP contribution in [0.4, 0.5) is 11.4 Å². The van der Waals surface area contributed by atoms with Gasteiger partial charge in [0.15, 0.2) is 0 Å². The third-order valence-electron chi connectivity index (χ3n) is 9.45. The first-order valence-corrected chi connectivity index (χ1v) is 19.2. The Labute approximate surface area is 288 Å². The Hall–Kier alpha value is -3.72. The Balaban J connectivity index is 1.18. The molecule has 0 amide bonds. The van der Waals surface area contributed by atoms with E-state index in [-0.39, 0.29) is 0 Å². The first kappa shape index (κ1) is 31.9. The average Bonchev–Trinajstić information content (AvgIpc) is 3.93. The molecule has 3 aromatic heterocycles. The van der Waals surface area contributed by atoms with Gasteiger partial charge in [-0.25, -0.2) is 4.63 Å². The van der Waals surface area contributed by atoms with Crippen LogP contribution in [0.3, 0.4) is 0 Å². The van der Waals surface area contributed by atoms with Gasteiger partial charge in [-0.05, 0) is 81.5 Å². The van der Waals surface area contributed by atoms with Crippen molar-refractivity contribution in [2.45, 2.75) is 72.6 Å². The van der Waals surface area contributed by atoms with Gasteiger partial charge in [0.05, 0.1) is 22.5 Å². The smallest absolute Gasteiger partial charge is 0.146 e. The molecular formula is C39H40N4OS3. The number of aromatic nitrogens is 2. The summed E-state index contributed by atoms with van der Waals surface area (Å²) in [6, 6.07) is 26.8. The molecule has 0 radical (unpaired) electrons. The van der Waals surface area contributed by atoms with Crippen molar-refractivity contribution in [2.75, 3.05) is 0 Å². The zero-order chi connectivity index (χ0) is 32.3. The largest absolute Gasteiger partial charge is 0.243 e. The number of hydrogen-bond acceptors (Lipinski definition) is 7. The molecule has 5 nitrogen and oxygen atoms in total. The number of fused-ring (bicyclic) bond motifs is 2. The predicted octanol–water partition coefficient (Wildman–Crippen LogP) is 13.1. The molecule has 0 fully saturated rings. The molecule has 47 heavy (non-hydrogen) atoms. The summed E-state index contributed by atoms with van der Waals surface area (Å²) in [5.41, 5.74) is 10.3. The minimum atomic E-state index is 0.691. The SMILES string of the molecule is CCCCC(CC)Cc1ccc(-c2ccc(-c3c4c(c(-c5ccc(-c6ccc(CC(C)CC)cc6)s5)c5nonc35)N=S=N4)s2)cc1. The van der Waals surface area contributed by atoms with E-state index < -0.39 is 0 Å². The molecule has 4 heterocycles. The molecule has 0 saturated heterocycles. The predicted molar refractivity (Wildman–Crippen MR) is 201 cm³/mol. The van der Waals surface area contributed by atoms with Crippen LogP contribution in [-0.2, 0) is 24.2 Å². The zero-order valence-corrected chi connectivity index (χ0v) is 29.9. The number of benzene rings is 3. The second kappa shape index (κ2) is 14.2. The van der Waals surface area contributed by atoms with Gasteiger partial charge in [-0.3, -0.25) is 0 Å². The zero-order valence-electron chi connectivity index (χ0n) is 27.5. The van der Waals surface area contributed by atoms with E-state index >= 15 is 0 Å². The lowest BCUT2D eigenvalue weighted by molar-refractivity contribution is 0.315. The van der Waals surface area contributed by atoms with Crippen LogP contribution in [0, 0.1) is 11.8 Å². The van der Waals surface area contributed by atoms with E-state index in [0.717, 1.165) is 62.0 Å². The second-order valence-electron chi connectivity index (χ2n) is 12.7. The number of unbranched alkanes of at least 4 members (excludes halogenated alkanes) is 1. The Morgan fingerprint density at radius 2 is 1.13 bits per heavy atom. The Kier molecular flexibility index (Phi) is 9.61. The molecule has 0 N–H and O–H groups in total. The monoisotopic (exact) mass is 676 g/mol. The lowest BCUT2D eigenvalue weighted by atomic mass is 9.91. The maximum Gasteiger partial charge on any atom is 0.146 e. The molecule has 0 bridgehead atoms. The molecule has 2 unspecified atom stereocenters. The van der Waals surface area contributed by atoms with Gasteiger partial charge in [-0.15, -0.1) is 22.7 Å². The molecule has 6 aromatic rings. The Morgan fingerprint density at radius 3 is 1.62 bits per heavy atom. The molecule has 0 aliphatic carbocycles. The van der Waals surface area contributed by atoms with Crippen molar-refractivity contribution in [3.8, 4) is 41.8 Å². The normalized spacial score (nSPS) is 13.6. The van der Waals surface area contributed by atoms with Gasteiger partial charge in [0, 0.05) is 19.5 Å². The van der Waals surface area contributed by atoms with E-state index in [2.05, 4.69) is 111 Å². The van der Waals surface area contributed by atoms with Gasteiger partial charge in [-0.2, -0.15) is 8.73 Å². The van der Waals surface area contributed by atoms with E-state index in [4.69, 9.17) is 13.4 Å². The lowest BCUT2D eigenvalue weighted by Crippen LogP contribution is -2.03. The van der Waals surface area contributed by atoms with Gasteiger partial charge >= 0.3 is 0 Å². The molecule has 0 saturated carbocycles. The van der Waals surface area contributed by atoms with Crippen LogP contribution < -0.4 is 0 Å². The van der Waals surface area contributed by atoms with Crippen molar-refractivity contribution in [3.05, 3.63) is 83.9 Å². The first-order chi connectivity index (χ1) is 23.1. The van der Waals surface area contributed by atoms with Crippen LogP contribution in [0.15, 0.2) is 86.2 Å². The minimum Gasteiger partial charge on any atom is -0.243 e. The molecule has 3 aromatic carbocycles. The molecule has 1 aliphatic rings. The van der Waals surface area contributed by atoms with Crippen molar-refractivity contribution in [1.82, 2.24) is 10.3 Å². The quantitative estimate of drug-likeness (QED) is 0.122. The van der Waals surface area contributed by atoms with Gasteiger partial charge in [0.2, 0.25) is 0 Å². The van der Waals surface area contributed by atoms with E-state index in [1.807, 2.05) is 0 Å². The van der Waals surface area contributed by atoms with Crippen molar-refractivity contribution in [1.29, 1.82) is 0 Å². The number of hydrogen-bond donors (Lipinski definition) is 0. The Morgan fingerprint density at radius 1 is 0.617 bits per heavy atom. The van der Waals surface area contributed by atoms with Gasteiger partial charge in [-0.1, -0.05) is 108 Å². The number of thiophene rings is 2. The highest BCUT2D eigenvalue weighted by Crippen LogP contribution is 2.54. The van der Waals surface area contributed by atoms with Crippen molar-refractivity contribution < 1.29 is 4.63 Å². The minimum absolute atomic E-state index is 0.691. The highest BCUT2D eigenvalue weighted by Gasteiger charge is 2.28. The highest BCUT2D eigenvalue weighted by atomic mass is 32.1. The summed E-state index contributed by atoms with van der Waals surface area (Å²) in [5.74, 6) is 1.45. The summed E-state index contributed by atoms with van der Waals surface area (Å²) in [6.07, 6.45) is 8.59. The van der Waals surface area contributed by atoms with E-state index in [0.29, 0.717) is 5.92 Å². The fourth-order valence-electron chi connectivity index (χ4n) is 6.41. The first-order valence-electron chi connectivity index (χ1n) is 16.9. The van der Waals surface area contributed by atoms with Gasteiger partial charge in [0.1, 0.15) is 22.4 Å². The van der Waals surface area contributed by atoms with Crippen molar-refractivity contribution >= 4 is 56.4 Å². The topological polar surface area (TPSA) is 63.6 Å². The molecule has 240 valence electrons. The summed E-state index contributed by atoms with van der Waals surface area (Å²) in [5, 5.41) is 8.85. The summed E-state index contributed by atoms with van der Waals surface area (Å²) >= 11 is 4.73. The molecule has 7 rings (SSSR count). The molecular weight excluding hydrogens is 637 g/mol. The maximum absolute atomic E-state index is 5.40. The molecule has 8 heteroatoms. The van der Waals surface area contributed by atoms with Gasteiger partial charge < -0.3 is 0 Å². The molecule has 1 aliphatic heterocycles. The summed E-state index contributed by atoms with van der Waals surface area (Å²) < 4.78 is 15.0. The van der Waals surface area contributed by atoms with Crippen LogP contribution in [-0.4, -0.2) is 10.3 Å². The number of nitrogens with zero attached hydrogens (tertiary/aromatic N) is 4. The fourth-order valence-corrected chi connectivity index (χ4v) is 9.09. The fraction of sp³-hybridized carbons (Fsp3) is 0.333. The summed E-state index contributed by atoms with van der Waals surface area (Å²) in [7, 11) is 0. The third kappa shape index (κ3) is 6.56. The average molecular weight is 677 g/mol. The van der Waals surface area contributed by atoms with Crippen LogP contribution in [0.5, 0.6) is 0 Å². The van der Waals surface area contributed by atoms with E-state index in [1.54, 1.807) is 22.7 Å². The Bertz CT molecular complexity index is 2060. The lowest BCUT2D eigenvalue weighted by Gasteiger charge is -2.14.